The zero-order chi connectivity index (χ0) is 98.7. The first kappa shape index (κ1) is 132. The molecule has 742 valence electrons. The second-order valence-electron chi connectivity index (χ2n) is 43.1. The van der Waals surface area contributed by atoms with E-state index in [0.717, 1.165) is 82.9 Å². The molecule has 0 atom stereocenters. The molecule has 7 N–H and O–H groups in total. The van der Waals surface area contributed by atoms with Crippen LogP contribution in [-0.2, 0) is 37.6 Å². The van der Waals surface area contributed by atoms with Gasteiger partial charge in [0.25, 0.3) is 5.91 Å². The highest BCUT2D eigenvalue weighted by atomic mass is 28.4. The van der Waals surface area contributed by atoms with Crippen LogP contribution in [0.2, 0.25) is 38.8 Å². The van der Waals surface area contributed by atoms with Gasteiger partial charge < -0.3 is 46.1 Å². The Balaban J connectivity index is -0.000000342. The van der Waals surface area contributed by atoms with E-state index >= 15 is 0 Å². The Hall–Kier alpha value is -6.97. The maximum atomic E-state index is 12.7. The molecule has 0 spiro atoms. The number of fused-ring (bicyclic) bond motifs is 3. The molecule has 128 heavy (non-hydrogen) atoms. The summed E-state index contributed by atoms with van der Waals surface area (Å²) < 4.78 is 96.7. The number of benzene rings is 2. The quantitative estimate of drug-likeness (QED) is 0.0114. The molecule has 1 aliphatic rings. The molecule has 0 unspecified atom stereocenters. The lowest BCUT2D eigenvalue weighted by atomic mass is 9.86. The van der Waals surface area contributed by atoms with Crippen molar-refractivity contribution in [3.8, 4) is 34.8 Å². The number of carbonyl (C=O) groups is 7. The molecule has 2 aromatic carbocycles. The molecule has 0 heterocycles. The van der Waals surface area contributed by atoms with Gasteiger partial charge in [-0.15, -0.1) is 0 Å². The fourth-order valence-electron chi connectivity index (χ4n) is 12.0. The van der Waals surface area contributed by atoms with E-state index in [9.17, 15) is 64.3 Å². The van der Waals surface area contributed by atoms with Crippen molar-refractivity contribution in [2.75, 3.05) is 0 Å². The Morgan fingerprint density at radius 3 is 1.12 bits per heavy atom. The number of alkyl carbamates (subject to hydrolysis) is 1. The molecule has 0 saturated carbocycles. The van der Waals surface area contributed by atoms with Crippen LogP contribution in [0.25, 0.3) is 11.1 Å². The van der Waals surface area contributed by atoms with E-state index in [1.165, 1.54) is 119 Å². The Kier molecular flexibility index (Phi) is 64.3. The summed E-state index contributed by atoms with van der Waals surface area (Å²) >= 11 is 0. The van der Waals surface area contributed by atoms with Crippen LogP contribution in [0.4, 0.5) is 35.5 Å². The van der Waals surface area contributed by atoms with Crippen molar-refractivity contribution in [1.82, 2.24) is 37.2 Å². The lowest BCUT2D eigenvalue weighted by molar-refractivity contribution is -0.344. The maximum absolute atomic E-state index is 12.7. The molecule has 16 nitrogen and oxygen atoms in total. The Morgan fingerprint density at radius 1 is 0.398 bits per heavy atom. The lowest BCUT2D eigenvalue weighted by Crippen LogP contribution is -2.61. The number of unbranched alkanes of at least 4 members (excludes halogenated alkanes) is 16. The summed E-state index contributed by atoms with van der Waals surface area (Å²) in [6.45, 7) is 66.5. The molecule has 0 bridgehead atoms. The summed E-state index contributed by atoms with van der Waals surface area (Å²) in [6.07, 6.45) is 31.3. The fraction of sp³-hybridized carbons (Fsp3) is 0.738. The first-order valence-electron chi connectivity index (χ1n) is 46.0. The highest BCUT2D eigenvalue weighted by molar-refractivity contribution is 6.84. The fourth-order valence-corrected chi connectivity index (χ4v) is 19.9. The molecule has 3 rings (SSSR count). The van der Waals surface area contributed by atoms with Gasteiger partial charge in [0.2, 0.25) is 29.5 Å². The predicted molar refractivity (Wildman–Crippen MR) is 531 cm³/mol. The maximum Gasteiger partial charge on any atom is 0.460 e. The van der Waals surface area contributed by atoms with Gasteiger partial charge in [0.15, 0.2) is 16.6 Å². The van der Waals surface area contributed by atoms with E-state index in [1.54, 1.807) is 0 Å². The van der Waals surface area contributed by atoms with E-state index in [4.69, 9.17) is 8.85 Å². The molecule has 0 aliphatic heterocycles. The number of allylic oxidation sites excluding steroid dienone is 4. The number of ether oxygens (including phenoxy) is 1. The molecule has 0 saturated heterocycles. The van der Waals surface area contributed by atoms with E-state index in [-0.39, 0.29) is 95.0 Å². The molecular weight excluding hydrogens is 1670 g/mol. The molecular formula is C103H184F7N7O9Si2. The second kappa shape index (κ2) is 62.4. The summed E-state index contributed by atoms with van der Waals surface area (Å²) in [5.74, 6) is -2.56. The Morgan fingerprint density at radius 2 is 0.742 bits per heavy atom. The third kappa shape index (κ3) is 73.7. The molecule has 1 aliphatic carbocycles. The van der Waals surface area contributed by atoms with Gasteiger partial charge in [-0.25, -0.2) is 4.79 Å². The third-order valence-corrected chi connectivity index (χ3v) is 23.4. The molecule has 0 radical (unpaired) electrons. The van der Waals surface area contributed by atoms with Crippen molar-refractivity contribution in [3.05, 3.63) is 84.0 Å². The normalized spacial score (nSPS) is 12.5. The first-order chi connectivity index (χ1) is 57.1. The zero-order valence-electron chi connectivity index (χ0n) is 84.9. The van der Waals surface area contributed by atoms with Crippen molar-refractivity contribution in [3.63, 3.8) is 0 Å². The summed E-state index contributed by atoms with van der Waals surface area (Å²) in [5, 5.41) is 19.2. The first-order valence-corrected chi connectivity index (χ1v) is 52.5. The molecule has 0 aromatic heterocycles. The summed E-state index contributed by atoms with van der Waals surface area (Å²) in [5.41, 5.74) is 1.59. The summed E-state index contributed by atoms with van der Waals surface area (Å²) in [7, 11) is -3.16. The van der Waals surface area contributed by atoms with Gasteiger partial charge in [0.05, 0.1) is 5.92 Å². The average Bonchev–Trinajstić information content (AvgIpc) is 1.53. The molecule has 2 aromatic rings. The minimum Gasteiger partial charge on any atom is -0.456 e. The number of alkyl halides is 7. The largest absolute Gasteiger partial charge is 0.460 e. The van der Waals surface area contributed by atoms with Crippen LogP contribution in [0.1, 0.15) is 400 Å². The van der Waals surface area contributed by atoms with Gasteiger partial charge in [-0.2, -0.15) is 30.7 Å². The number of amides is 7. The van der Waals surface area contributed by atoms with Gasteiger partial charge in [-0.3, -0.25) is 28.8 Å². The van der Waals surface area contributed by atoms with Crippen LogP contribution in [0, 0.1) is 29.1 Å². The summed E-state index contributed by atoms with van der Waals surface area (Å²) in [4.78, 5) is 81.3. The smallest absolute Gasteiger partial charge is 0.456 e. The number of hydrogen-bond donors (Lipinski definition) is 7. The second-order valence-corrected chi connectivity index (χ2v) is 52.2. The number of carbonyl (C=O) groups excluding carboxylic acids is 7. The van der Waals surface area contributed by atoms with E-state index in [2.05, 4.69) is 158 Å². The topological polar surface area (TPSA) is 222 Å². The monoisotopic (exact) mass is 1850 g/mol. The van der Waals surface area contributed by atoms with Crippen molar-refractivity contribution in [1.29, 1.82) is 0 Å². The number of halogens is 7. The zero-order valence-corrected chi connectivity index (χ0v) is 86.9. The van der Waals surface area contributed by atoms with Crippen LogP contribution < -0.4 is 37.2 Å². The highest BCUT2D eigenvalue weighted by Crippen LogP contribution is 2.47. The van der Waals surface area contributed by atoms with Crippen molar-refractivity contribution < 1.29 is 73.1 Å². The van der Waals surface area contributed by atoms with Crippen LogP contribution in [0.3, 0.4) is 0 Å². The molecule has 7 amide bonds. The molecule has 0 fully saturated rings. The van der Waals surface area contributed by atoms with Gasteiger partial charge in [0.1, 0.15) is 5.60 Å². The van der Waals surface area contributed by atoms with Crippen LogP contribution >= 0.6 is 0 Å². The van der Waals surface area contributed by atoms with Crippen molar-refractivity contribution in [2.45, 2.75) is 490 Å². The average molecular weight is 1850 g/mol. The lowest BCUT2D eigenvalue weighted by Gasteiger charge is -2.31. The standard InChI is InChI=1S/C22H41NO.C21H35NO.C18H19NO.C12H29NO2Si2.C11H23NO.C9H19NO2.C8H10F7NO.2CH4/c1-5-6-7-8-9-10-11-12-13-14-15-16-17-18-19-20-21(24)23-22(2,3)4;1-5-6-7-8-9-10-11-12-13-14-15-16-17-18-19-20(23)22-21(2,3)4;1-18(2,3)19-17(20)16-14-10-6-4-8-12(14)13-9-5-7-11-15(13)16;1-12(2,3)13-11(14)9-10-17(7,8)15-16(4,5)6;1-7-8-11(5,6)9(13)12-10(2,3)4;1-8(2,3)10-7(11)12-9(4,5)6;1-5(2,3)16-4(17)6(9,10)7(11,12)8(13,14)15;;/h9-10,12-13H,5-8,11,14-20H2,1-4H3,(H,23,24);5-12,17-19H2,1-4H3,(H,22,23);4-11,16H,1-3H3,(H,19,20);9-10H2,1-8H3,(H,13,14);7-8H2,1-6H3,(H,12,13);1-6H3,(H,10,11);1-3H3,(H,16,17);2*1H4/b10-9-,13-12-;;;;;;;;. The Bertz CT molecular complexity index is 3600. The van der Waals surface area contributed by atoms with E-state index in [0.29, 0.717) is 19.3 Å². The third-order valence-electron chi connectivity index (χ3n) is 17.3. The SMILES string of the molecule is C.C.CC(C)(C)NC(=O)C(F)(F)C(F)(F)C(F)(F)F.CC(C)(C)NC(=O)C1c2ccccc2-c2ccccc21.CC(C)(C)NC(=O)CC[Si](C)(C)O[Si](C)(C)C.CC(C)(C)NC(=O)OC(C)(C)C.CCCC(C)(C)C(=O)NC(C)(C)C.CCCCC/C=C\C/C=C\CCCCCCCC(=O)NC(C)(C)C.CCCCCCCCCC#CC#CCCCC(=O)NC(C)(C)C. The van der Waals surface area contributed by atoms with Crippen molar-refractivity contribution >= 4 is 58.2 Å². The van der Waals surface area contributed by atoms with E-state index in [1.807, 2.05) is 184 Å². The Labute approximate surface area is 778 Å². The number of hydrogen-bond acceptors (Lipinski definition) is 9. The van der Waals surface area contributed by atoms with Gasteiger partial charge in [0, 0.05) is 76.3 Å². The van der Waals surface area contributed by atoms with Gasteiger partial charge in [-0.05, 0) is 297 Å². The minimum absolute atomic E-state index is 0. The highest BCUT2D eigenvalue weighted by Gasteiger charge is 2.76. The van der Waals surface area contributed by atoms with Gasteiger partial charge >= 0.3 is 24.1 Å². The number of rotatable bonds is 35. The molecule has 25 heteroatoms. The van der Waals surface area contributed by atoms with Gasteiger partial charge in [-0.1, -0.05) is 211 Å². The van der Waals surface area contributed by atoms with Crippen LogP contribution in [-0.4, -0.2) is 121 Å². The number of nitrogens with one attached hydrogen (secondary N) is 7. The minimum atomic E-state index is -6.51. The van der Waals surface area contributed by atoms with Crippen LogP contribution in [0.15, 0.2) is 72.8 Å². The van der Waals surface area contributed by atoms with Crippen LogP contribution in [0.5, 0.6) is 0 Å². The van der Waals surface area contributed by atoms with E-state index < -0.39 is 51.7 Å². The summed E-state index contributed by atoms with van der Waals surface area (Å²) in [6, 6.07) is 17.3. The van der Waals surface area contributed by atoms with Crippen molar-refractivity contribution in [2.24, 2.45) is 5.41 Å². The predicted octanol–water partition coefficient (Wildman–Crippen LogP) is 28.0.